The molecule has 1 aliphatic carbocycles. The Morgan fingerprint density at radius 1 is 1.44 bits per heavy atom. The molecule has 18 heavy (non-hydrogen) atoms. The SMILES string of the molecule is CCC1CCC(Nc2nccc(C(=O)O)n2)CC1. The highest BCUT2D eigenvalue weighted by atomic mass is 16.4. The monoisotopic (exact) mass is 249 g/mol. The van der Waals surface area contributed by atoms with Crippen molar-refractivity contribution in [1.29, 1.82) is 0 Å². The maximum absolute atomic E-state index is 10.8. The van der Waals surface area contributed by atoms with Crippen LogP contribution in [-0.4, -0.2) is 27.1 Å². The number of carboxylic acids is 1. The molecule has 0 radical (unpaired) electrons. The summed E-state index contributed by atoms with van der Waals surface area (Å²) < 4.78 is 0. The Kier molecular flexibility index (Phi) is 4.12. The molecule has 0 aliphatic heterocycles. The molecule has 0 spiro atoms. The Labute approximate surface area is 107 Å². The number of rotatable bonds is 4. The van der Waals surface area contributed by atoms with Gasteiger partial charge >= 0.3 is 5.97 Å². The topological polar surface area (TPSA) is 75.1 Å². The van der Waals surface area contributed by atoms with Crippen molar-refractivity contribution in [2.24, 2.45) is 5.92 Å². The van der Waals surface area contributed by atoms with Crippen LogP contribution in [0.1, 0.15) is 49.5 Å². The zero-order valence-electron chi connectivity index (χ0n) is 10.6. The van der Waals surface area contributed by atoms with Gasteiger partial charge in [0.05, 0.1) is 0 Å². The van der Waals surface area contributed by atoms with E-state index in [0.29, 0.717) is 12.0 Å². The van der Waals surface area contributed by atoms with Crippen molar-refractivity contribution in [1.82, 2.24) is 9.97 Å². The zero-order valence-corrected chi connectivity index (χ0v) is 10.6. The summed E-state index contributed by atoms with van der Waals surface area (Å²) in [5.74, 6) is 0.249. The van der Waals surface area contributed by atoms with E-state index in [-0.39, 0.29) is 5.69 Å². The first kappa shape index (κ1) is 12.8. The van der Waals surface area contributed by atoms with Crippen LogP contribution in [0.5, 0.6) is 0 Å². The third kappa shape index (κ3) is 3.18. The minimum absolute atomic E-state index is 0.0368. The van der Waals surface area contributed by atoms with Gasteiger partial charge in [-0.25, -0.2) is 14.8 Å². The van der Waals surface area contributed by atoms with Gasteiger partial charge in [0, 0.05) is 12.2 Å². The molecule has 1 fully saturated rings. The molecule has 0 aromatic carbocycles. The second-order valence-electron chi connectivity index (χ2n) is 4.84. The molecule has 0 unspecified atom stereocenters. The highest BCUT2D eigenvalue weighted by molar-refractivity contribution is 5.85. The molecular formula is C13H19N3O2. The standard InChI is InChI=1S/C13H19N3O2/c1-2-9-3-5-10(6-4-9)15-13-14-8-7-11(16-13)12(17)18/h7-10H,2-6H2,1H3,(H,17,18)(H,14,15,16). The lowest BCUT2D eigenvalue weighted by Crippen LogP contribution is -2.27. The zero-order chi connectivity index (χ0) is 13.0. The highest BCUT2D eigenvalue weighted by Crippen LogP contribution is 2.27. The second kappa shape index (κ2) is 5.80. The molecule has 1 saturated carbocycles. The Bertz CT molecular complexity index is 414. The van der Waals surface area contributed by atoms with E-state index in [1.807, 2.05) is 0 Å². The molecule has 0 saturated heterocycles. The molecule has 5 nitrogen and oxygen atoms in total. The molecule has 5 heteroatoms. The Balaban J connectivity index is 1.94. The number of carbonyl (C=O) groups is 1. The van der Waals surface area contributed by atoms with Crippen LogP contribution in [0.15, 0.2) is 12.3 Å². The van der Waals surface area contributed by atoms with Gasteiger partial charge in [-0.05, 0) is 37.7 Å². The molecule has 1 aromatic heterocycles. The lowest BCUT2D eigenvalue weighted by molar-refractivity contribution is 0.0690. The van der Waals surface area contributed by atoms with E-state index < -0.39 is 5.97 Å². The van der Waals surface area contributed by atoms with Gasteiger partial charge in [-0.15, -0.1) is 0 Å². The summed E-state index contributed by atoms with van der Waals surface area (Å²) in [5.41, 5.74) is 0.0368. The van der Waals surface area contributed by atoms with Crippen LogP contribution in [-0.2, 0) is 0 Å². The quantitative estimate of drug-likeness (QED) is 0.857. The van der Waals surface area contributed by atoms with Crippen molar-refractivity contribution in [3.8, 4) is 0 Å². The summed E-state index contributed by atoms with van der Waals surface area (Å²) in [6.45, 7) is 2.23. The average Bonchev–Trinajstić information content (AvgIpc) is 2.40. The molecule has 2 N–H and O–H groups in total. The van der Waals surface area contributed by atoms with E-state index in [2.05, 4.69) is 22.2 Å². The smallest absolute Gasteiger partial charge is 0.354 e. The highest BCUT2D eigenvalue weighted by Gasteiger charge is 2.20. The molecule has 1 aromatic rings. The number of hydrogen-bond acceptors (Lipinski definition) is 4. The summed E-state index contributed by atoms with van der Waals surface area (Å²) in [7, 11) is 0. The van der Waals surface area contributed by atoms with Crippen LogP contribution >= 0.6 is 0 Å². The molecule has 1 heterocycles. The summed E-state index contributed by atoms with van der Waals surface area (Å²) in [6, 6.07) is 1.78. The minimum Gasteiger partial charge on any atom is -0.477 e. The normalized spacial score (nSPS) is 23.6. The van der Waals surface area contributed by atoms with Crippen LogP contribution in [0.4, 0.5) is 5.95 Å². The van der Waals surface area contributed by atoms with Crippen LogP contribution in [0, 0.1) is 5.92 Å². The van der Waals surface area contributed by atoms with Crippen molar-refractivity contribution in [2.75, 3.05) is 5.32 Å². The maximum atomic E-state index is 10.8. The van der Waals surface area contributed by atoms with E-state index in [9.17, 15) is 4.79 Å². The summed E-state index contributed by atoms with van der Waals surface area (Å²) in [6.07, 6.45) is 7.41. The van der Waals surface area contributed by atoms with Crippen LogP contribution in [0.25, 0.3) is 0 Å². The van der Waals surface area contributed by atoms with Crippen molar-refractivity contribution in [2.45, 2.75) is 45.1 Å². The van der Waals surface area contributed by atoms with Gasteiger partial charge in [-0.1, -0.05) is 13.3 Å². The Morgan fingerprint density at radius 3 is 2.78 bits per heavy atom. The third-order valence-corrected chi connectivity index (χ3v) is 3.63. The van der Waals surface area contributed by atoms with Crippen molar-refractivity contribution in [3.63, 3.8) is 0 Å². The molecule has 0 amide bonds. The number of carboxylic acid groups (broad SMARTS) is 1. The largest absolute Gasteiger partial charge is 0.477 e. The van der Waals surface area contributed by atoms with E-state index in [4.69, 9.17) is 5.11 Å². The summed E-state index contributed by atoms with van der Waals surface area (Å²) in [4.78, 5) is 18.9. The number of aromatic nitrogens is 2. The number of hydrogen-bond donors (Lipinski definition) is 2. The van der Waals surface area contributed by atoms with Crippen LogP contribution < -0.4 is 5.32 Å². The van der Waals surface area contributed by atoms with E-state index in [0.717, 1.165) is 18.8 Å². The molecule has 1 aliphatic rings. The fraction of sp³-hybridized carbons (Fsp3) is 0.615. The van der Waals surface area contributed by atoms with Gasteiger partial charge in [0.2, 0.25) is 5.95 Å². The summed E-state index contributed by atoms with van der Waals surface area (Å²) in [5, 5.41) is 12.1. The predicted octanol–water partition coefficient (Wildman–Crippen LogP) is 2.56. The van der Waals surface area contributed by atoms with Gasteiger partial charge in [0.15, 0.2) is 5.69 Å². The van der Waals surface area contributed by atoms with Crippen LogP contribution in [0.3, 0.4) is 0 Å². The average molecular weight is 249 g/mol. The van der Waals surface area contributed by atoms with Gasteiger partial charge in [-0.3, -0.25) is 0 Å². The first-order chi connectivity index (χ1) is 8.69. The molecule has 2 rings (SSSR count). The van der Waals surface area contributed by atoms with Gasteiger partial charge in [0.25, 0.3) is 0 Å². The maximum Gasteiger partial charge on any atom is 0.354 e. The Morgan fingerprint density at radius 2 is 2.17 bits per heavy atom. The van der Waals surface area contributed by atoms with E-state index >= 15 is 0 Å². The van der Waals surface area contributed by atoms with Crippen molar-refractivity contribution >= 4 is 11.9 Å². The lowest BCUT2D eigenvalue weighted by atomic mass is 9.85. The van der Waals surface area contributed by atoms with Crippen molar-refractivity contribution in [3.05, 3.63) is 18.0 Å². The summed E-state index contributed by atoms with van der Waals surface area (Å²) >= 11 is 0. The number of aromatic carboxylic acids is 1. The van der Waals surface area contributed by atoms with Gasteiger partial charge < -0.3 is 10.4 Å². The van der Waals surface area contributed by atoms with E-state index in [1.54, 1.807) is 0 Å². The third-order valence-electron chi connectivity index (χ3n) is 3.63. The van der Waals surface area contributed by atoms with Crippen LogP contribution in [0.2, 0.25) is 0 Å². The first-order valence-corrected chi connectivity index (χ1v) is 6.52. The number of anilines is 1. The Hall–Kier alpha value is -1.65. The first-order valence-electron chi connectivity index (χ1n) is 6.52. The fourth-order valence-corrected chi connectivity index (χ4v) is 2.44. The fourth-order valence-electron chi connectivity index (χ4n) is 2.44. The number of nitrogens with zero attached hydrogens (tertiary/aromatic N) is 2. The molecule has 0 atom stereocenters. The lowest BCUT2D eigenvalue weighted by Gasteiger charge is -2.28. The number of nitrogens with one attached hydrogen (secondary N) is 1. The molecule has 98 valence electrons. The van der Waals surface area contributed by atoms with Gasteiger partial charge in [-0.2, -0.15) is 0 Å². The molecule has 0 bridgehead atoms. The van der Waals surface area contributed by atoms with Gasteiger partial charge in [0.1, 0.15) is 0 Å². The van der Waals surface area contributed by atoms with Crippen molar-refractivity contribution < 1.29 is 9.90 Å². The second-order valence-corrected chi connectivity index (χ2v) is 4.84. The van der Waals surface area contributed by atoms with E-state index in [1.165, 1.54) is 31.5 Å². The molecular weight excluding hydrogens is 230 g/mol. The minimum atomic E-state index is -1.02. The predicted molar refractivity (Wildman–Crippen MR) is 68.7 cm³/mol.